The summed E-state index contributed by atoms with van der Waals surface area (Å²) < 4.78 is 59.3. The summed E-state index contributed by atoms with van der Waals surface area (Å²) in [5.74, 6) is -2.50. The second-order valence-corrected chi connectivity index (χ2v) is 7.74. The first-order valence-corrected chi connectivity index (χ1v) is 10.8. The number of carbonyl (C=O) groups is 2. The smallest absolute Gasteiger partial charge is 0.475 e. The van der Waals surface area contributed by atoms with Crippen LogP contribution in [0.15, 0.2) is 29.2 Å². The number of hydrogen-bond acceptors (Lipinski definition) is 7. The Morgan fingerprint density at radius 3 is 2.62 bits per heavy atom. The highest BCUT2D eigenvalue weighted by Gasteiger charge is 2.38. The zero-order valence-electron chi connectivity index (χ0n) is 17.4. The van der Waals surface area contributed by atoms with E-state index in [9.17, 15) is 26.7 Å². The van der Waals surface area contributed by atoms with Crippen molar-refractivity contribution in [3.05, 3.63) is 40.3 Å². The lowest BCUT2D eigenvalue weighted by Gasteiger charge is -2.20. The van der Waals surface area contributed by atoms with Crippen LogP contribution in [-0.2, 0) is 4.79 Å². The number of aromatic nitrogens is 3. The van der Waals surface area contributed by atoms with Gasteiger partial charge in [-0.05, 0) is 19.0 Å². The van der Waals surface area contributed by atoms with Crippen LogP contribution in [0.25, 0.3) is 5.65 Å². The first kappa shape index (κ1) is 25.3. The van der Waals surface area contributed by atoms with E-state index in [0.717, 1.165) is 49.8 Å². The number of aliphatic carboxylic acids is 1. The molecule has 15 heteroatoms. The van der Waals surface area contributed by atoms with Crippen LogP contribution in [0.3, 0.4) is 0 Å². The monoisotopic (exact) mass is 506 g/mol. The van der Waals surface area contributed by atoms with Gasteiger partial charge in [-0.2, -0.15) is 18.3 Å². The number of carboxylic acids is 1. The minimum Gasteiger partial charge on any atom is -0.475 e. The minimum atomic E-state index is -5.08. The first-order valence-electron chi connectivity index (χ1n) is 9.83. The summed E-state index contributed by atoms with van der Waals surface area (Å²) in [6.45, 7) is 3.53. The summed E-state index contributed by atoms with van der Waals surface area (Å²) >= 11 is 1.12. The Kier molecular flexibility index (Phi) is 7.98. The van der Waals surface area contributed by atoms with E-state index >= 15 is 0 Å². The summed E-state index contributed by atoms with van der Waals surface area (Å²) in [7, 11) is 0. The van der Waals surface area contributed by atoms with E-state index in [4.69, 9.17) is 9.90 Å². The number of halogens is 5. The van der Waals surface area contributed by atoms with Crippen molar-refractivity contribution in [3.8, 4) is 0 Å². The van der Waals surface area contributed by atoms with E-state index in [-0.39, 0.29) is 16.8 Å². The molecule has 1 aliphatic rings. The summed E-state index contributed by atoms with van der Waals surface area (Å²) in [4.78, 5) is 28.3. The Morgan fingerprint density at radius 2 is 1.94 bits per heavy atom. The first-order chi connectivity index (χ1) is 16.1. The van der Waals surface area contributed by atoms with Gasteiger partial charge < -0.3 is 20.6 Å². The fourth-order valence-electron chi connectivity index (χ4n) is 3.04. The van der Waals surface area contributed by atoms with Crippen LogP contribution in [0, 0.1) is 0 Å². The lowest BCUT2D eigenvalue weighted by Crippen LogP contribution is -2.28. The number of fused-ring (bicyclic) bond motifs is 1. The Labute approximate surface area is 193 Å². The van der Waals surface area contributed by atoms with E-state index in [1.165, 1.54) is 21.5 Å². The molecule has 0 aliphatic carbocycles. The second kappa shape index (κ2) is 10.7. The number of nitrogens with one attached hydrogen (secondary N) is 2. The van der Waals surface area contributed by atoms with Crippen LogP contribution in [0.2, 0.25) is 0 Å². The van der Waals surface area contributed by atoms with Crippen molar-refractivity contribution < 1.29 is 36.6 Å². The van der Waals surface area contributed by atoms with Crippen molar-refractivity contribution >= 4 is 40.4 Å². The average Bonchev–Trinajstić information content (AvgIpc) is 3.32. The molecule has 3 N–H and O–H groups in total. The van der Waals surface area contributed by atoms with E-state index in [1.54, 1.807) is 6.20 Å². The van der Waals surface area contributed by atoms with Crippen molar-refractivity contribution in [2.75, 3.05) is 36.4 Å². The molecule has 0 unspecified atom stereocenters. The summed E-state index contributed by atoms with van der Waals surface area (Å²) in [5.41, 5.74) is 0.580. The molecule has 9 nitrogen and oxygen atoms in total. The molecule has 1 aliphatic heterocycles. The van der Waals surface area contributed by atoms with Crippen molar-refractivity contribution in [2.45, 2.75) is 19.0 Å². The maximum atomic E-state index is 13.0. The normalized spacial score (nSPS) is 14.5. The van der Waals surface area contributed by atoms with Crippen LogP contribution in [0.1, 0.15) is 28.8 Å². The fraction of sp³-hybridized carbons (Fsp3) is 0.368. The quantitative estimate of drug-likeness (QED) is 0.465. The zero-order chi connectivity index (χ0) is 24.9. The number of carbonyl (C=O) groups excluding carboxylic acids is 1. The number of alkyl halides is 5. The van der Waals surface area contributed by atoms with Crippen molar-refractivity contribution in [2.24, 2.45) is 0 Å². The Balaban J connectivity index is 0.000000406. The van der Waals surface area contributed by atoms with Gasteiger partial charge in [-0.15, -0.1) is 11.3 Å². The van der Waals surface area contributed by atoms with Crippen molar-refractivity contribution in [3.63, 3.8) is 0 Å². The third kappa shape index (κ3) is 6.17. The number of anilines is 2. The molecule has 0 atom stereocenters. The molecule has 0 aromatic carbocycles. The lowest BCUT2D eigenvalue weighted by atomic mass is 10.2. The summed E-state index contributed by atoms with van der Waals surface area (Å²) in [6, 6.07) is 1.86. The van der Waals surface area contributed by atoms with Crippen LogP contribution in [-0.4, -0.2) is 63.9 Å². The van der Waals surface area contributed by atoms with E-state index in [2.05, 4.69) is 25.6 Å². The van der Waals surface area contributed by atoms with Gasteiger partial charge in [-0.25, -0.2) is 23.1 Å². The van der Waals surface area contributed by atoms with E-state index in [1.807, 2.05) is 6.07 Å². The van der Waals surface area contributed by atoms with Crippen LogP contribution in [0.4, 0.5) is 33.5 Å². The van der Waals surface area contributed by atoms with Gasteiger partial charge in [0.2, 0.25) is 0 Å². The van der Waals surface area contributed by atoms with Crippen LogP contribution < -0.4 is 15.5 Å². The molecule has 0 spiro atoms. The van der Waals surface area contributed by atoms with Gasteiger partial charge in [-0.1, -0.05) is 0 Å². The Bertz CT molecular complexity index is 1140. The summed E-state index contributed by atoms with van der Waals surface area (Å²) in [6.07, 6.45) is -3.56. The fourth-order valence-corrected chi connectivity index (χ4v) is 3.81. The van der Waals surface area contributed by atoms with Crippen molar-refractivity contribution in [1.82, 2.24) is 19.9 Å². The van der Waals surface area contributed by atoms with Gasteiger partial charge in [0.15, 0.2) is 5.65 Å². The number of thiophene rings is 1. The third-order valence-corrected chi connectivity index (χ3v) is 5.44. The molecule has 1 fully saturated rings. The standard InChI is InChI=1S/C17H18F2N6OS.C2HF3O2/c18-15(19)12-9-27-10-13(12)22-17(26)11-8-21-25-6-2-14(23-16(11)25)24-5-1-3-20-4-7-24;3-2(4,5)1(6)7/h2,6,8-10,15,20H,1,3-5,7H2,(H,22,26);(H,6,7). The predicted octanol–water partition coefficient (Wildman–Crippen LogP) is 3.41. The molecule has 4 rings (SSSR count). The molecule has 184 valence electrons. The largest absolute Gasteiger partial charge is 0.490 e. The van der Waals surface area contributed by atoms with Crippen molar-refractivity contribution in [1.29, 1.82) is 0 Å². The molecule has 34 heavy (non-hydrogen) atoms. The van der Waals surface area contributed by atoms with Gasteiger partial charge in [0.1, 0.15) is 11.4 Å². The number of amides is 1. The van der Waals surface area contributed by atoms with E-state index in [0.29, 0.717) is 5.65 Å². The molecule has 1 saturated heterocycles. The maximum absolute atomic E-state index is 13.0. The molecular formula is C19H19F5N6O3S. The number of nitrogens with zero attached hydrogens (tertiary/aromatic N) is 4. The van der Waals surface area contributed by atoms with E-state index < -0.39 is 24.5 Å². The number of hydrogen-bond donors (Lipinski definition) is 3. The number of rotatable bonds is 4. The highest BCUT2D eigenvalue weighted by atomic mass is 32.1. The molecule has 3 aromatic rings. The SMILES string of the molecule is O=C(Nc1cscc1C(F)F)c1cnn2ccc(N3CCCNCC3)nc12.O=C(O)C(F)(F)F. The van der Waals surface area contributed by atoms with Gasteiger partial charge in [-0.3, -0.25) is 4.79 Å². The van der Waals surface area contributed by atoms with Gasteiger partial charge >= 0.3 is 12.1 Å². The topological polar surface area (TPSA) is 112 Å². The highest BCUT2D eigenvalue weighted by molar-refractivity contribution is 7.08. The minimum absolute atomic E-state index is 0.120. The lowest BCUT2D eigenvalue weighted by molar-refractivity contribution is -0.192. The Hall–Kier alpha value is -3.33. The highest BCUT2D eigenvalue weighted by Crippen LogP contribution is 2.31. The zero-order valence-corrected chi connectivity index (χ0v) is 18.2. The molecule has 4 heterocycles. The third-order valence-electron chi connectivity index (χ3n) is 4.68. The van der Waals surface area contributed by atoms with Gasteiger partial charge in [0.05, 0.1) is 17.4 Å². The van der Waals surface area contributed by atoms with Crippen LogP contribution in [0.5, 0.6) is 0 Å². The molecular weight excluding hydrogens is 487 g/mol. The molecule has 0 bridgehead atoms. The van der Waals surface area contributed by atoms with Gasteiger partial charge in [0.25, 0.3) is 12.3 Å². The molecule has 3 aromatic heterocycles. The molecule has 1 amide bonds. The molecule has 0 radical (unpaired) electrons. The Morgan fingerprint density at radius 1 is 1.21 bits per heavy atom. The average molecular weight is 506 g/mol. The van der Waals surface area contributed by atoms with Crippen LogP contribution >= 0.6 is 11.3 Å². The second-order valence-electron chi connectivity index (χ2n) is 7.00. The molecule has 0 saturated carbocycles. The van der Waals surface area contributed by atoms with Gasteiger partial charge in [0, 0.05) is 36.6 Å². The predicted molar refractivity (Wildman–Crippen MR) is 114 cm³/mol. The number of carboxylic acid groups (broad SMARTS) is 1. The maximum Gasteiger partial charge on any atom is 0.490 e. The summed E-state index contributed by atoms with van der Waals surface area (Å²) in [5, 5.41) is 20.0.